The number of aliphatic carboxylic acids is 2. The Balaban J connectivity index is 0.00000119. The van der Waals surface area contributed by atoms with Crippen molar-refractivity contribution in [2.45, 2.75) is 52.2 Å². The average Bonchev–Trinajstić information content (AvgIpc) is 2.53. The Morgan fingerprint density at radius 3 is 2.22 bits per heavy atom. The second kappa shape index (κ2) is 10.7. The number of nitrogens with one attached hydrogen (secondary N) is 1. The van der Waals surface area contributed by atoms with E-state index in [1.807, 2.05) is 0 Å². The van der Waals surface area contributed by atoms with E-state index in [4.69, 9.17) is 14.9 Å². The standard InChI is InChI=1S/C14H18N2O6.C3H6O2/c1-14(2,3)22-13(19)15-11(12(17)18)8-9-5-4-6-10(7-9)16(20)21;1-2-3(4)5/h4-7,11H,8H2,1-3H3,(H,15,19)(H,17,18);2H2,1H3,(H,4,5). The van der Waals surface area contributed by atoms with Crippen LogP contribution in [-0.4, -0.2) is 44.8 Å². The van der Waals surface area contributed by atoms with Gasteiger partial charge in [-0.15, -0.1) is 0 Å². The van der Waals surface area contributed by atoms with E-state index in [0.29, 0.717) is 5.56 Å². The van der Waals surface area contributed by atoms with E-state index < -0.39 is 34.6 Å². The Morgan fingerprint density at radius 2 is 1.81 bits per heavy atom. The summed E-state index contributed by atoms with van der Waals surface area (Å²) >= 11 is 0. The molecule has 10 nitrogen and oxygen atoms in total. The van der Waals surface area contributed by atoms with Crippen LogP contribution in [0.2, 0.25) is 0 Å². The fraction of sp³-hybridized carbons (Fsp3) is 0.471. The lowest BCUT2D eigenvalue weighted by molar-refractivity contribution is -0.384. The maximum absolute atomic E-state index is 11.6. The minimum Gasteiger partial charge on any atom is -0.481 e. The number of non-ortho nitro benzene ring substituents is 1. The first-order valence-electron chi connectivity index (χ1n) is 8.03. The van der Waals surface area contributed by atoms with Gasteiger partial charge in [-0.2, -0.15) is 0 Å². The van der Waals surface area contributed by atoms with Crippen LogP contribution in [-0.2, 0) is 20.7 Å². The topological polar surface area (TPSA) is 156 Å². The second-order valence-corrected chi connectivity index (χ2v) is 6.42. The van der Waals surface area contributed by atoms with Gasteiger partial charge in [-0.1, -0.05) is 19.1 Å². The van der Waals surface area contributed by atoms with Crippen LogP contribution in [0.1, 0.15) is 39.7 Å². The quantitative estimate of drug-likeness (QED) is 0.499. The number of ether oxygens (including phenoxy) is 1. The van der Waals surface area contributed by atoms with Gasteiger partial charge in [0.25, 0.3) is 5.69 Å². The molecule has 1 unspecified atom stereocenters. The number of rotatable bonds is 6. The zero-order chi connectivity index (χ0) is 21.2. The molecule has 0 aliphatic carbocycles. The number of benzene rings is 1. The lowest BCUT2D eigenvalue weighted by Gasteiger charge is -2.22. The number of nitrogens with zero attached hydrogens (tertiary/aromatic N) is 1. The van der Waals surface area contributed by atoms with Crippen molar-refractivity contribution in [1.82, 2.24) is 5.32 Å². The lowest BCUT2D eigenvalue weighted by atomic mass is 10.1. The van der Waals surface area contributed by atoms with Gasteiger partial charge in [0.15, 0.2) is 0 Å². The number of carbonyl (C=O) groups is 3. The van der Waals surface area contributed by atoms with Gasteiger partial charge in [0.2, 0.25) is 0 Å². The highest BCUT2D eigenvalue weighted by molar-refractivity contribution is 5.80. The van der Waals surface area contributed by atoms with Crippen LogP contribution in [0, 0.1) is 10.1 Å². The van der Waals surface area contributed by atoms with Crippen molar-refractivity contribution in [2.75, 3.05) is 0 Å². The van der Waals surface area contributed by atoms with Crippen LogP contribution in [0.3, 0.4) is 0 Å². The predicted molar refractivity (Wildman–Crippen MR) is 95.5 cm³/mol. The van der Waals surface area contributed by atoms with E-state index in [1.54, 1.807) is 33.8 Å². The normalized spacial score (nSPS) is 11.4. The minimum absolute atomic E-state index is 0.0870. The fourth-order valence-corrected chi connectivity index (χ4v) is 1.68. The number of nitro benzene ring substituents is 1. The van der Waals surface area contributed by atoms with E-state index in [1.165, 1.54) is 18.2 Å². The molecule has 1 rings (SSSR count). The number of carboxylic acids is 2. The Labute approximate surface area is 156 Å². The van der Waals surface area contributed by atoms with Gasteiger partial charge in [0.05, 0.1) is 4.92 Å². The molecule has 10 heteroatoms. The molecular formula is C17H24N2O8. The van der Waals surface area contributed by atoms with Crippen molar-refractivity contribution in [1.29, 1.82) is 0 Å². The van der Waals surface area contributed by atoms with E-state index in [9.17, 15) is 24.5 Å². The summed E-state index contributed by atoms with van der Waals surface area (Å²) in [4.78, 5) is 42.4. The van der Waals surface area contributed by atoms with Crippen LogP contribution < -0.4 is 5.32 Å². The number of alkyl carbamates (subject to hydrolysis) is 1. The van der Waals surface area contributed by atoms with Crippen molar-refractivity contribution in [3.8, 4) is 0 Å². The number of carbonyl (C=O) groups excluding carboxylic acids is 1. The van der Waals surface area contributed by atoms with Crippen molar-refractivity contribution in [2.24, 2.45) is 0 Å². The van der Waals surface area contributed by atoms with Crippen LogP contribution in [0.15, 0.2) is 24.3 Å². The summed E-state index contributed by atoms with van der Waals surface area (Å²) in [5.74, 6) is -2.00. The van der Waals surface area contributed by atoms with Crippen LogP contribution in [0.4, 0.5) is 10.5 Å². The third-order valence-corrected chi connectivity index (χ3v) is 2.85. The molecule has 0 aromatic heterocycles. The van der Waals surface area contributed by atoms with Crippen molar-refractivity contribution in [3.05, 3.63) is 39.9 Å². The number of nitro groups is 1. The average molecular weight is 384 g/mol. The summed E-state index contributed by atoms with van der Waals surface area (Å²) in [5, 5.41) is 29.8. The maximum atomic E-state index is 11.6. The first-order chi connectivity index (χ1) is 12.4. The lowest BCUT2D eigenvalue weighted by Crippen LogP contribution is -2.44. The molecule has 3 N–H and O–H groups in total. The molecule has 1 atom stereocenters. The molecule has 0 heterocycles. The van der Waals surface area contributed by atoms with Crippen LogP contribution in [0.25, 0.3) is 0 Å². The zero-order valence-corrected chi connectivity index (χ0v) is 15.6. The molecule has 0 fully saturated rings. The van der Waals surface area contributed by atoms with Gasteiger partial charge in [-0.3, -0.25) is 14.9 Å². The fourth-order valence-electron chi connectivity index (χ4n) is 1.68. The van der Waals surface area contributed by atoms with Crippen molar-refractivity contribution < 1.29 is 34.3 Å². The highest BCUT2D eigenvalue weighted by atomic mass is 16.6. The Kier molecular flexibility index (Phi) is 9.48. The molecule has 0 aliphatic heterocycles. The Bertz CT molecular complexity index is 682. The third kappa shape index (κ3) is 11.1. The molecule has 0 saturated carbocycles. The van der Waals surface area contributed by atoms with Gasteiger partial charge >= 0.3 is 18.0 Å². The Hall–Kier alpha value is -3.17. The van der Waals surface area contributed by atoms with Crippen molar-refractivity contribution >= 4 is 23.7 Å². The van der Waals surface area contributed by atoms with E-state index in [2.05, 4.69) is 5.32 Å². The number of carboxylic acid groups (broad SMARTS) is 2. The molecule has 0 radical (unpaired) electrons. The monoisotopic (exact) mass is 384 g/mol. The molecule has 0 aliphatic rings. The molecule has 1 amide bonds. The van der Waals surface area contributed by atoms with Gasteiger partial charge in [-0.05, 0) is 26.3 Å². The summed E-state index contributed by atoms with van der Waals surface area (Å²) in [6.45, 7) is 6.57. The smallest absolute Gasteiger partial charge is 0.408 e. The molecule has 27 heavy (non-hydrogen) atoms. The highest BCUT2D eigenvalue weighted by Gasteiger charge is 2.24. The second-order valence-electron chi connectivity index (χ2n) is 6.42. The molecule has 1 aromatic carbocycles. The summed E-state index contributed by atoms with van der Waals surface area (Å²) in [5.41, 5.74) is -0.463. The zero-order valence-electron chi connectivity index (χ0n) is 15.6. The van der Waals surface area contributed by atoms with Gasteiger partial charge < -0.3 is 20.3 Å². The molecule has 0 spiro atoms. The molecule has 0 bridgehead atoms. The largest absolute Gasteiger partial charge is 0.481 e. The molecule has 1 aromatic rings. The summed E-state index contributed by atoms with van der Waals surface area (Å²) in [6, 6.07) is 4.35. The van der Waals surface area contributed by atoms with Crippen LogP contribution in [0.5, 0.6) is 0 Å². The van der Waals surface area contributed by atoms with E-state index in [-0.39, 0.29) is 18.5 Å². The number of amides is 1. The SMILES string of the molecule is CC(C)(C)OC(=O)NC(Cc1cccc([N+](=O)[O-])c1)C(=O)O.CCC(=O)O. The minimum atomic E-state index is -1.25. The molecule has 150 valence electrons. The first-order valence-corrected chi connectivity index (χ1v) is 8.03. The summed E-state index contributed by atoms with van der Waals surface area (Å²) in [6.07, 6.45) is -0.721. The molecule has 0 saturated heterocycles. The van der Waals surface area contributed by atoms with Crippen LogP contribution >= 0.6 is 0 Å². The predicted octanol–water partition coefficient (Wildman–Crippen LogP) is 2.60. The van der Waals surface area contributed by atoms with Gasteiger partial charge in [0, 0.05) is 25.0 Å². The first kappa shape index (κ1) is 23.8. The Morgan fingerprint density at radius 1 is 1.26 bits per heavy atom. The summed E-state index contributed by atoms with van der Waals surface area (Å²) in [7, 11) is 0. The van der Waals surface area contributed by atoms with Gasteiger partial charge in [0.1, 0.15) is 11.6 Å². The third-order valence-electron chi connectivity index (χ3n) is 2.85. The van der Waals surface area contributed by atoms with Crippen molar-refractivity contribution in [3.63, 3.8) is 0 Å². The maximum Gasteiger partial charge on any atom is 0.408 e. The summed E-state index contributed by atoms with van der Waals surface area (Å²) < 4.78 is 5.00. The number of hydrogen-bond donors (Lipinski definition) is 3. The number of hydrogen-bond acceptors (Lipinski definition) is 6. The van der Waals surface area contributed by atoms with E-state index in [0.717, 1.165) is 0 Å². The molecular weight excluding hydrogens is 360 g/mol. The van der Waals surface area contributed by atoms with E-state index >= 15 is 0 Å². The highest BCUT2D eigenvalue weighted by Crippen LogP contribution is 2.15. The van der Waals surface area contributed by atoms with Gasteiger partial charge in [-0.25, -0.2) is 9.59 Å².